The standard InChI is InChI=1S/C22H31BrO/c1-24-16-2-3-17-4-6-18(7-5-17)19-8-10-20(11-9-19)21-12-14-22(23)15-13-21/h2-3,12-15,17-20H,4-11,16H2,1H3/b3-2+. The first-order valence-electron chi connectivity index (χ1n) is 9.67. The van der Waals surface area contributed by atoms with Crippen molar-refractivity contribution in [3.8, 4) is 0 Å². The van der Waals surface area contributed by atoms with E-state index < -0.39 is 0 Å². The topological polar surface area (TPSA) is 9.23 Å². The van der Waals surface area contributed by atoms with Gasteiger partial charge in [0.1, 0.15) is 0 Å². The molecule has 1 aromatic carbocycles. The maximum Gasteiger partial charge on any atom is 0.0643 e. The van der Waals surface area contributed by atoms with Gasteiger partial charge >= 0.3 is 0 Å². The summed E-state index contributed by atoms with van der Waals surface area (Å²) in [7, 11) is 1.77. The van der Waals surface area contributed by atoms with Gasteiger partial charge in [0.2, 0.25) is 0 Å². The van der Waals surface area contributed by atoms with Crippen LogP contribution in [-0.2, 0) is 4.74 Å². The van der Waals surface area contributed by atoms with E-state index in [1.54, 1.807) is 12.7 Å². The number of halogens is 1. The molecule has 132 valence electrons. The second kappa shape index (κ2) is 9.20. The van der Waals surface area contributed by atoms with Crippen molar-refractivity contribution in [3.63, 3.8) is 0 Å². The van der Waals surface area contributed by atoms with Gasteiger partial charge in [-0.3, -0.25) is 0 Å². The van der Waals surface area contributed by atoms with Gasteiger partial charge in [-0.15, -0.1) is 0 Å². The van der Waals surface area contributed by atoms with E-state index >= 15 is 0 Å². The Labute approximate surface area is 156 Å². The van der Waals surface area contributed by atoms with E-state index in [4.69, 9.17) is 4.74 Å². The third kappa shape index (κ3) is 4.95. The molecule has 2 saturated carbocycles. The normalized spacial score (nSPS) is 31.4. The number of allylic oxidation sites excluding steroid dienone is 1. The minimum Gasteiger partial charge on any atom is -0.381 e. The molecule has 3 rings (SSSR count). The molecule has 0 spiro atoms. The Morgan fingerprint density at radius 2 is 1.50 bits per heavy atom. The third-order valence-corrected chi connectivity index (χ3v) is 6.80. The summed E-state index contributed by atoms with van der Waals surface area (Å²) in [4.78, 5) is 0. The Morgan fingerprint density at radius 3 is 2.08 bits per heavy atom. The highest BCUT2D eigenvalue weighted by Crippen LogP contribution is 2.44. The summed E-state index contributed by atoms with van der Waals surface area (Å²) in [5, 5.41) is 0. The molecule has 0 unspecified atom stereocenters. The summed E-state index contributed by atoms with van der Waals surface area (Å²) >= 11 is 3.54. The molecule has 0 aliphatic heterocycles. The van der Waals surface area contributed by atoms with Gasteiger partial charge in [0.25, 0.3) is 0 Å². The van der Waals surface area contributed by atoms with Crippen LogP contribution in [0, 0.1) is 17.8 Å². The molecule has 0 amide bonds. The number of hydrogen-bond donors (Lipinski definition) is 0. The molecule has 0 atom stereocenters. The second-order valence-corrected chi connectivity index (χ2v) is 8.64. The highest BCUT2D eigenvalue weighted by atomic mass is 79.9. The van der Waals surface area contributed by atoms with Crippen molar-refractivity contribution in [1.82, 2.24) is 0 Å². The number of benzene rings is 1. The average molecular weight is 391 g/mol. The van der Waals surface area contributed by atoms with E-state index in [1.165, 1.54) is 55.8 Å². The Hall–Kier alpha value is -0.600. The van der Waals surface area contributed by atoms with Gasteiger partial charge in [0, 0.05) is 11.6 Å². The van der Waals surface area contributed by atoms with E-state index in [2.05, 4.69) is 52.3 Å². The smallest absolute Gasteiger partial charge is 0.0643 e. The van der Waals surface area contributed by atoms with Gasteiger partial charge in [-0.1, -0.05) is 40.2 Å². The Kier molecular flexibility index (Phi) is 6.97. The minimum absolute atomic E-state index is 0.764. The first kappa shape index (κ1) is 18.2. The van der Waals surface area contributed by atoms with Gasteiger partial charge < -0.3 is 4.74 Å². The molecule has 1 aromatic rings. The van der Waals surface area contributed by atoms with Crippen molar-refractivity contribution in [2.24, 2.45) is 17.8 Å². The molecule has 2 aliphatic rings. The maximum absolute atomic E-state index is 5.11. The van der Waals surface area contributed by atoms with Crippen molar-refractivity contribution < 1.29 is 4.74 Å². The summed E-state index contributed by atoms with van der Waals surface area (Å²) in [5.41, 5.74) is 1.55. The summed E-state index contributed by atoms with van der Waals surface area (Å²) < 4.78 is 6.30. The highest BCUT2D eigenvalue weighted by Gasteiger charge is 2.30. The van der Waals surface area contributed by atoms with Crippen LogP contribution >= 0.6 is 15.9 Å². The lowest BCUT2D eigenvalue weighted by atomic mass is 9.68. The highest BCUT2D eigenvalue weighted by molar-refractivity contribution is 9.10. The van der Waals surface area contributed by atoms with Crippen LogP contribution in [0.2, 0.25) is 0 Å². The quantitative estimate of drug-likeness (QED) is 0.506. The van der Waals surface area contributed by atoms with Crippen LogP contribution in [0.25, 0.3) is 0 Å². The van der Waals surface area contributed by atoms with Crippen molar-refractivity contribution >= 4 is 15.9 Å². The minimum atomic E-state index is 0.764. The molecule has 0 radical (unpaired) electrons. The fourth-order valence-electron chi connectivity index (χ4n) is 4.81. The van der Waals surface area contributed by atoms with E-state index in [9.17, 15) is 0 Å². The Morgan fingerprint density at radius 1 is 0.917 bits per heavy atom. The monoisotopic (exact) mass is 390 g/mol. The van der Waals surface area contributed by atoms with Crippen LogP contribution in [0.4, 0.5) is 0 Å². The first-order valence-corrected chi connectivity index (χ1v) is 10.5. The molecule has 0 aromatic heterocycles. The number of rotatable bonds is 5. The summed E-state index contributed by atoms with van der Waals surface area (Å²) in [6, 6.07) is 9.01. The fraction of sp³-hybridized carbons (Fsp3) is 0.636. The molecule has 2 aliphatic carbocycles. The van der Waals surface area contributed by atoms with Crippen LogP contribution in [0.5, 0.6) is 0 Å². The Balaban J connectivity index is 1.43. The third-order valence-electron chi connectivity index (χ3n) is 6.27. The molecule has 0 N–H and O–H groups in total. The van der Waals surface area contributed by atoms with E-state index in [1.807, 2.05) is 0 Å². The van der Waals surface area contributed by atoms with Crippen molar-refractivity contribution in [2.45, 2.75) is 57.3 Å². The van der Waals surface area contributed by atoms with Crippen LogP contribution in [-0.4, -0.2) is 13.7 Å². The molecule has 1 nitrogen and oxygen atoms in total. The number of hydrogen-bond acceptors (Lipinski definition) is 1. The van der Waals surface area contributed by atoms with Gasteiger partial charge in [-0.2, -0.15) is 0 Å². The number of ether oxygens (including phenoxy) is 1. The van der Waals surface area contributed by atoms with Crippen LogP contribution in [0.15, 0.2) is 40.9 Å². The summed E-state index contributed by atoms with van der Waals surface area (Å²) in [6.07, 6.45) is 15.9. The van der Waals surface area contributed by atoms with Crippen LogP contribution in [0.1, 0.15) is 62.8 Å². The van der Waals surface area contributed by atoms with E-state index in [-0.39, 0.29) is 0 Å². The fourth-order valence-corrected chi connectivity index (χ4v) is 5.08. The van der Waals surface area contributed by atoms with E-state index in [0.29, 0.717) is 0 Å². The largest absolute Gasteiger partial charge is 0.381 e. The zero-order valence-electron chi connectivity index (χ0n) is 14.9. The summed E-state index contributed by atoms with van der Waals surface area (Å²) in [5.74, 6) is 3.57. The van der Waals surface area contributed by atoms with Crippen molar-refractivity contribution in [2.75, 3.05) is 13.7 Å². The SMILES string of the molecule is COC/C=C/C1CCC(C2CCC(c3ccc(Br)cc3)CC2)CC1. The predicted octanol–water partition coefficient (Wildman–Crippen LogP) is 6.73. The predicted molar refractivity (Wildman–Crippen MR) is 105 cm³/mol. The zero-order valence-corrected chi connectivity index (χ0v) is 16.5. The van der Waals surface area contributed by atoms with Crippen molar-refractivity contribution in [3.05, 3.63) is 46.5 Å². The molecular weight excluding hydrogens is 360 g/mol. The van der Waals surface area contributed by atoms with Gasteiger partial charge in [-0.05, 0) is 92.7 Å². The molecule has 2 heteroatoms. The molecule has 0 bridgehead atoms. The molecular formula is C22H31BrO. The average Bonchev–Trinajstić information content (AvgIpc) is 2.63. The van der Waals surface area contributed by atoms with Gasteiger partial charge in [-0.25, -0.2) is 0 Å². The molecule has 2 fully saturated rings. The Bertz CT molecular complexity index is 505. The maximum atomic E-state index is 5.11. The van der Waals surface area contributed by atoms with Gasteiger partial charge in [0.15, 0.2) is 0 Å². The number of methoxy groups -OCH3 is 1. The lowest BCUT2D eigenvalue weighted by Gasteiger charge is -2.37. The van der Waals surface area contributed by atoms with Gasteiger partial charge in [0.05, 0.1) is 6.61 Å². The lowest BCUT2D eigenvalue weighted by molar-refractivity contribution is 0.171. The summed E-state index contributed by atoms with van der Waals surface area (Å²) in [6.45, 7) is 0.764. The van der Waals surface area contributed by atoms with Crippen LogP contribution < -0.4 is 0 Å². The zero-order chi connectivity index (χ0) is 16.8. The first-order chi connectivity index (χ1) is 11.8. The lowest BCUT2D eigenvalue weighted by Crippen LogP contribution is -2.25. The molecule has 0 heterocycles. The van der Waals surface area contributed by atoms with Crippen molar-refractivity contribution in [1.29, 1.82) is 0 Å². The molecule has 24 heavy (non-hydrogen) atoms. The molecule has 0 saturated heterocycles. The second-order valence-electron chi connectivity index (χ2n) is 7.72. The van der Waals surface area contributed by atoms with E-state index in [0.717, 1.165) is 30.3 Å². The van der Waals surface area contributed by atoms with Crippen LogP contribution in [0.3, 0.4) is 0 Å².